The quantitative estimate of drug-likeness (QED) is 0.575. The number of hydrogen-bond acceptors (Lipinski definition) is 7. The molecule has 1 fully saturated rings. The fraction of sp³-hybridized carbons (Fsp3) is 0.417. The van der Waals surface area contributed by atoms with Gasteiger partial charge in [-0.2, -0.15) is 4.98 Å². The number of fused-ring (bicyclic) bond motifs is 2. The molecule has 34 heavy (non-hydrogen) atoms. The lowest BCUT2D eigenvalue weighted by molar-refractivity contribution is 0.496. The molecule has 0 radical (unpaired) electrons. The number of hydrogen-bond donors (Lipinski definition) is 1. The molecule has 2 N–H and O–H groups in total. The van der Waals surface area contributed by atoms with E-state index >= 15 is 0 Å². The summed E-state index contributed by atoms with van der Waals surface area (Å²) in [6, 6.07) is 7.97. The van der Waals surface area contributed by atoms with E-state index in [-0.39, 0.29) is 18.1 Å². The fourth-order valence-electron chi connectivity index (χ4n) is 4.53. The van der Waals surface area contributed by atoms with E-state index in [1.54, 1.807) is 25.7 Å². The standard InChI is InChI=1S/C24H27N7O2S/c1-3-4-12-30-20-21(27-23(30)29-11-7-9-17(25)13-29)28(2)24(33)31(22(20)32)14-19-26-18-10-6-5-8-16(18)15-34-19/h5-6,8,10,17H,7,9,11-15,25H2,1-2H3. The van der Waals surface area contributed by atoms with Crippen LogP contribution in [0.1, 0.15) is 25.3 Å². The van der Waals surface area contributed by atoms with Crippen molar-refractivity contribution in [1.82, 2.24) is 18.7 Å². The van der Waals surface area contributed by atoms with E-state index in [4.69, 9.17) is 15.7 Å². The number of imidazole rings is 1. The molecule has 0 bridgehead atoms. The largest absolute Gasteiger partial charge is 0.341 e. The Labute approximate surface area is 201 Å². The average Bonchev–Trinajstić information content (AvgIpc) is 3.23. The highest BCUT2D eigenvalue weighted by atomic mass is 32.2. The third kappa shape index (κ3) is 3.95. The third-order valence-electron chi connectivity index (χ3n) is 6.29. The number of aliphatic imine (C=N–C) groups is 1. The first-order chi connectivity index (χ1) is 16.5. The number of piperidine rings is 1. The topological polar surface area (TPSA) is 103 Å². The zero-order valence-electron chi connectivity index (χ0n) is 19.3. The number of nitrogens with zero attached hydrogens (tertiary/aromatic N) is 6. The Morgan fingerprint density at radius 3 is 2.85 bits per heavy atom. The van der Waals surface area contributed by atoms with Crippen molar-refractivity contribution >= 4 is 39.6 Å². The number of thioether (sulfide) groups is 1. The maximum Gasteiger partial charge on any atom is 0.332 e. The van der Waals surface area contributed by atoms with Crippen LogP contribution in [-0.4, -0.2) is 42.9 Å². The molecular weight excluding hydrogens is 450 g/mol. The van der Waals surface area contributed by atoms with E-state index in [9.17, 15) is 9.59 Å². The van der Waals surface area contributed by atoms with Gasteiger partial charge in [0.1, 0.15) is 0 Å². The Bertz CT molecular complexity index is 1470. The predicted molar refractivity (Wildman–Crippen MR) is 137 cm³/mol. The Morgan fingerprint density at radius 1 is 1.24 bits per heavy atom. The second kappa shape index (κ2) is 9.16. The van der Waals surface area contributed by atoms with Crippen molar-refractivity contribution in [2.24, 2.45) is 17.8 Å². The van der Waals surface area contributed by atoms with Gasteiger partial charge in [0.2, 0.25) is 5.95 Å². The van der Waals surface area contributed by atoms with E-state index in [0.29, 0.717) is 30.2 Å². The SMILES string of the molecule is CC#CCn1c(N2CCCC(N)C2)nc2c1c(=O)n(CC1=Nc3ccccc3CS1)c(=O)n2C. The average molecular weight is 478 g/mol. The van der Waals surface area contributed by atoms with Crippen molar-refractivity contribution in [3.63, 3.8) is 0 Å². The monoisotopic (exact) mass is 477 g/mol. The van der Waals surface area contributed by atoms with E-state index in [1.165, 1.54) is 9.13 Å². The predicted octanol–water partition coefficient (Wildman–Crippen LogP) is 1.82. The molecule has 4 heterocycles. The number of rotatable bonds is 4. The summed E-state index contributed by atoms with van der Waals surface area (Å²) >= 11 is 1.55. The second-order valence-electron chi connectivity index (χ2n) is 8.60. The van der Waals surface area contributed by atoms with E-state index < -0.39 is 5.69 Å². The molecule has 1 aromatic carbocycles. The Morgan fingerprint density at radius 2 is 2.06 bits per heavy atom. The van der Waals surface area contributed by atoms with Gasteiger partial charge in [0, 0.05) is 31.9 Å². The lowest BCUT2D eigenvalue weighted by Crippen LogP contribution is -2.44. The van der Waals surface area contributed by atoms with Crippen LogP contribution in [0.4, 0.5) is 11.6 Å². The number of aromatic nitrogens is 4. The van der Waals surface area contributed by atoms with Crippen LogP contribution in [0, 0.1) is 11.8 Å². The summed E-state index contributed by atoms with van der Waals surface area (Å²) in [4.78, 5) is 38.5. The molecule has 1 unspecified atom stereocenters. The Balaban J connectivity index is 1.64. The van der Waals surface area contributed by atoms with E-state index in [0.717, 1.165) is 41.4 Å². The number of benzene rings is 1. The van der Waals surface area contributed by atoms with Crippen molar-refractivity contribution in [3.05, 3.63) is 50.7 Å². The number of anilines is 1. The van der Waals surface area contributed by atoms with Gasteiger partial charge in [-0.3, -0.25) is 18.5 Å². The molecule has 5 rings (SSSR count). The van der Waals surface area contributed by atoms with Crippen LogP contribution < -0.4 is 21.9 Å². The van der Waals surface area contributed by atoms with Crippen LogP contribution >= 0.6 is 11.8 Å². The van der Waals surface area contributed by atoms with Gasteiger partial charge in [-0.15, -0.1) is 17.7 Å². The minimum atomic E-state index is -0.409. The molecule has 1 atom stereocenters. The van der Waals surface area contributed by atoms with Gasteiger partial charge in [0.15, 0.2) is 11.2 Å². The molecule has 0 spiro atoms. The van der Waals surface area contributed by atoms with E-state index in [2.05, 4.69) is 16.7 Å². The lowest BCUT2D eigenvalue weighted by atomic mass is 10.1. The summed E-state index contributed by atoms with van der Waals surface area (Å²) in [7, 11) is 1.65. The lowest BCUT2D eigenvalue weighted by Gasteiger charge is -2.31. The van der Waals surface area contributed by atoms with Crippen molar-refractivity contribution < 1.29 is 0 Å². The molecule has 0 aliphatic carbocycles. The van der Waals surface area contributed by atoms with Gasteiger partial charge < -0.3 is 10.6 Å². The van der Waals surface area contributed by atoms with Gasteiger partial charge in [-0.25, -0.2) is 9.79 Å². The van der Waals surface area contributed by atoms with Crippen LogP contribution in [0.15, 0.2) is 38.8 Å². The Kier molecular flexibility index (Phi) is 6.06. The summed E-state index contributed by atoms with van der Waals surface area (Å²) < 4.78 is 4.53. The third-order valence-corrected chi connectivity index (χ3v) is 7.30. The molecule has 3 aromatic rings. The first-order valence-corrected chi connectivity index (χ1v) is 12.3. The molecule has 0 amide bonds. The highest BCUT2D eigenvalue weighted by Gasteiger charge is 2.26. The minimum Gasteiger partial charge on any atom is -0.341 e. The first-order valence-electron chi connectivity index (χ1n) is 11.4. The number of para-hydroxylation sites is 1. The molecule has 0 saturated carbocycles. The fourth-order valence-corrected chi connectivity index (χ4v) is 5.48. The van der Waals surface area contributed by atoms with Gasteiger partial charge in [-0.05, 0) is 31.4 Å². The second-order valence-corrected chi connectivity index (χ2v) is 9.65. The highest BCUT2D eigenvalue weighted by Crippen LogP contribution is 2.31. The molecule has 1 saturated heterocycles. The van der Waals surface area contributed by atoms with Crippen LogP contribution in [0.3, 0.4) is 0 Å². The molecule has 2 aromatic heterocycles. The summed E-state index contributed by atoms with van der Waals surface area (Å²) in [6.45, 7) is 3.64. The highest BCUT2D eigenvalue weighted by molar-refractivity contribution is 8.13. The van der Waals surface area contributed by atoms with Crippen LogP contribution in [0.5, 0.6) is 0 Å². The maximum absolute atomic E-state index is 13.7. The summed E-state index contributed by atoms with van der Waals surface area (Å²) in [6.07, 6.45) is 1.91. The van der Waals surface area contributed by atoms with Crippen LogP contribution in [0.2, 0.25) is 0 Å². The number of nitrogens with two attached hydrogens (primary N) is 1. The van der Waals surface area contributed by atoms with Gasteiger partial charge >= 0.3 is 5.69 Å². The normalized spacial score (nSPS) is 17.8. The number of aryl methyl sites for hydroxylation is 1. The molecule has 2 aliphatic rings. The van der Waals surface area contributed by atoms with Crippen molar-refractivity contribution in [2.75, 3.05) is 18.0 Å². The van der Waals surface area contributed by atoms with Gasteiger partial charge in [0.05, 0.1) is 23.8 Å². The van der Waals surface area contributed by atoms with Crippen molar-refractivity contribution in [3.8, 4) is 11.8 Å². The summed E-state index contributed by atoms with van der Waals surface area (Å²) in [5, 5.41) is 0.735. The van der Waals surface area contributed by atoms with Gasteiger partial charge in [-0.1, -0.05) is 24.1 Å². The van der Waals surface area contributed by atoms with Gasteiger partial charge in [0.25, 0.3) is 5.56 Å². The molecule has 2 aliphatic heterocycles. The smallest absolute Gasteiger partial charge is 0.332 e. The molecule has 10 heteroatoms. The van der Waals surface area contributed by atoms with E-state index in [1.807, 2.05) is 28.8 Å². The minimum absolute atomic E-state index is 0.0453. The molecule has 176 valence electrons. The first kappa shape index (κ1) is 22.5. The summed E-state index contributed by atoms with van der Waals surface area (Å²) in [5.74, 6) is 7.36. The molecular formula is C24H27N7O2S. The zero-order chi connectivity index (χ0) is 23.8. The summed E-state index contributed by atoms with van der Waals surface area (Å²) in [5.41, 5.74) is 8.19. The van der Waals surface area contributed by atoms with Crippen LogP contribution in [-0.2, 0) is 25.9 Å². The molecule has 9 nitrogen and oxygen atoms in total. The Hall–Kier alpha value is -3.29. The van der Waals surface area contributed by atoms with Crippen molar-refractivity contribution in [2.45, 2.75) is 44.6 Å². The maximum atomic E-state index is 13.7. The van der Waals surface area contributed by atoms with Crippen molar-refractivity contribution in [1.29, 1.82) is 0 Å². The zero-order valence-corrected chi connectivity index (χ0v) is 20.1. The van der Waals surface area contributed by atoms with Crippen LogP contribution in [0.25, 0.3) is 11.2 Å².